The van der Waals surface area contributed by atoms with Gasteiger partial charge in [0.2, 0.25) is 41.4 Å². The normalized spacial score (nSPS) is 15.3. The lowest BCUT2D eigenvalue weighted by molar-refractivity contribution is -0.137. The molecule has 10 atom stereocenters. The van der Waals surface area contributed by atoms with Gasteiger partial charge in [-0.1, -0.05) is 74.7 Å². The Labute approximate surface area is 421 Å². The molecule has 408 valence electrons. The largest absolute Gasteiger partial charge is 0.370 e. The number of guanidine groups is 3. The van der Waals surface area contributed by atoms with Gasteiger partial charge in [-0.2, -0.15) is 0 Å². The van der Waals surface area contributed by atoms with Crippen LogP contribution in [0.25, 0.3) is 0 Å². The predicted molar refractivity (Wildman–Crippen MR) is 278 cm³/mol. The zero-order chi connectivity index (χ0) is 54.2. The first-order valence-electron chi connectivity index (χ1n) is 25.2. The third-order valence-corrected chi connectivity index (χ3v) is 12.1. The molecule has 0 aromatic heterocycles. The van der Waals surface area contributed by atoms with E-state index in [9.17, 15) is 33.6 Å². The fourth-order valence-electron chi connectivity index (χ4n) is 7.16. The van der Waals surface area contributed by atoms with E-state index in [1.807, 2.05) is 34.6 Å². The molecule has 0 saturated heterocycles. The van der Waals surface area contributed by atoms with Crippen LogP contribution in [0.1, 0.15) is 132 Å². The second-order valence-corrected chi connectivity index (χ2v) is 18.7. The zero-order valence-corrected chi connectivity index (χ0v) is 43.7. The van der Waals surface area contributed by atoms with Crippen molar-refractivity contribution in [1.29, 1.82) is 0 Å². The minimum atomic E-state index is -1.20. The zero-order valence-electron chi connectivity index (χ0n) is 43.7. The maximum atomic E-state index is 14.4. The molecule has 0 aromatic carbocycles. The van der Waals surface area contributed by atoms with Crippen LogP contribution in [-0.4, -0.2) is 134 Å². The summed E-state index contributed by atoms with van der Waals surface area (Å²) in [7, 11) is 0. The van der Waals surface area contributed by atoms with Crippen molar-refractivity contribution in [2.24, 2.45) is 84.5 Å². The second kappa shape index (κ2) is 36.0. The van der Waals surface area contributed by atoms with E-state index in [2.05, 4.69) is 52.2 Å². The van der Waals surface area contributed by atoms with Gasteiger partial charge in [0, 0.05) is 26.2 Å². The van der Waals surface area contributed by atoms with E-state index in [0.29, 0.717) is 58.0 Å². The Balaban J connectivity index is 6.65. The van der Waals surface area contributed by atoms with Gasteiger partial charge in [0.1, 0.15) is 36.3 Å². The number of carbonyl (C=O) groups excluding carboxylic acids is 7. The Kier molecular flexibility index (Phi) is 33.0. The van der Waals surface area contributed by atoms with Gasteiger partial charge in [-0.15, -0.1) is 0 Å². The van der Waals surface area contributed by atoms with Crippen LogP contribution in [0.15, 0.2) is 15.0 Å². The van der Waals surface area contributed by atoms with E-state index in [1.54, 1.807) is 20.8 Å². The number of nitrogens with two attached hydrogens (primary N) is 8. The maximum absolute atomic E-state index is 14.4. The van der Waals surface area contributed by atoms with Crippen LogP contribution in [0.5, 0.6) is 0 Å². The quantitative estimate of drug-likeness (QED) is 0.0173. The molecule has 7 amide bonds. The number of rotatable bonds is 37. The van der Waals surface area contributed by atoms with E-state index < -0.39 is 95.5 Å². The van der Waals surface area contributed by atoms with Crippen molar-refractivity contribution in [3.05, 3.63) is 0 Å². The average Bonchev–Trinajstić information content (AvgIpc) is 3.31. The van der Waals surface area contributed by atoms with Gasteiger partial charge < -0.3 is 83.1 Å². The van der Waals surface area contributed by atoms with Gasteiger partial charge in [0.15, 0.2) is 17.9 Å². The summed E-state index contributed by atoms with van der Waals surface area (Å²) >= 11 is 0. The Bertz CT molecular complexity index is 1740. The van der Waals surface area contributed by atoms with Crippen molar-refractivity contribution in [2.75, 3.05) is 32.7 Å². The van der Waals surface area contributed by atoms with Crippen molar-refractivity contribution < 1.29 is 33.6 Å². The monoisotopic (exact) mass is 1010 g/mol. The van der Waals surface area contributed by atoms with Gasteiger partial charge in [0.25, 0.3) is 0 Å². The number of nitrogens with zero attached hydrogens (tertiary/aromatic N) is 3. The fourth-order valence-corrected chi connectivity index (χ4v) is 7.16. The first-order chi connectivity index (χ1) is 33.4. The highest BCUT2D eigenvalue weighted by Gasteiger charge is 2.37. The molecule has 0 rings (SSSR count). The molecule has 0 heterocycles. The summed E-state index contributed by atoms with van der Waals surface area (Å²) in [5, 5.41) is 19.7. The fraction of sp³-hybridized carbons (Fsp3) is 0.783. The lowest BCUT2D eigenvalue weighted by Gasteiger charge is -2.32. The van der Waals surface area contributed by atoms with E-state index in [-0.39, 0.29) is 81.5 Å². The summed E-state index contributed by atoms with van der Waals surface area (Å²) in [6.45, 7) is 16.0. The lowest BCUT2D eigenvalue weighted by atomic mass is 9.93. The van der Waals surface area contributed by atoms with Crippen LogP contribution in [-0.2, 0) is 33.6 Å². The Morgan fingerprint density at radius 3 is 1.20 bits per heavy atom. The smallest absolute Gasteiger partial charge is 0.243 e. The standard InChI is InChI=1S/C46H92N18O7/c1-9-27(6)34(62-37(65)30(48)17-14-22-56-44(49)50)42(70)61-33(25-26(4)5)40(68)63-36(29(8)11-3)43(71)64-35(28(7)10-2)41(69)60-32(19-16-24-58-46(53)54)39(67)59-31(18-15-23-57-45(51)52)38(66)55-21-13-12-20-47/h26-36H,9-25,47-48H2,1-8H3,(H,55,66)(H,59,67)(H,60,69)(H,61,70)(H,62,65)(H,63,68)(H,64,71)(H4,49,50,56)(H4,51,52,57)(H4,53,54,58). The number of amides is 7. The molecule has 0 aromatic rings. The van der Waals surface area contributed by atoms with Crippen LogP contribution in [0.3, 0.4) is 0 Å². The SMILES string of the molecule is CCC(C)C(NC(=O)C(N)CCCN=C(N)N)C(=O)NC(CC(C)C)C(=O)NC(C(=O)NC(C(=O)NC(CCCN=C(N)N)C(=O)NC(CCCN=C(N)N)C(=O)NCCCCN)C(C)CC)C(C)CC. The molecule has 0 saturated carbocycles. The Morgan fingerprint density at radius 1 is 0.437 bits per heavy atom. The molecule has 25 heteroatoms. The van der Waals surface area contributed by atoms with Crippen LogP contribution in [0, 0.1) is 23.7 Å². The summed E-state index contributed by atoms with van der Waals surface area (Å²) < 4.78 is 0. The molecular formula is C46H92N18O7. The highest BCUT2D eigenvalue weighted by atomic mass is 16.2. The van der Waals surface area contributed by atoms with Crippen LogP contribution in [0.2, 0.25) is 0 Å². The first kappa shape index (κ1) is 65.0. The molecule has 0 aliphatic carbocycles. The molecule has 0 fully saturated rings. The third-order valence-electron chi connectivity index (χ3n) is 12.1. The molecule has 0 bridgehead atoms. The summed E-state index contributed by atoms with van der Waals surface area (Å²) in [6, 6.07) is -7.67. The molecule has 0 radical (unpaired) electrons. The van der Waals surface area contributed by atoms with Crippen LogP contribution in [0.4, 0.5) is 0 Å². The van der Waals surface area contributed by atoms with Crippen molar-refractivity contribution in [1.82, 2.24) is 37.2 Å². The highest BCUT2D eigenvalue weighted by Crippen LogP contribution is 2.16. The number of hydrogen-bond donors (Lipinski definition) is 15. The highest BCUT2D eigenvalue weighted by molar-refractivity contribution is 5.97. The Hall–Kier alpha value is -5.98. The Morgan fingerprint density at radius 2 is 0.789 bits per heavy atom. The summed E-state index contributed by atoms with van der Waals surface area (Å²) in [5.41, 5.74) is 44.5. The maximum Gasteiger partial charge on any atom is 0.243 e. The lowest BCUT2D eigenvalue weighted by Crippen LogP contribution is -2.62. The number of carbonyl (C=O) groups is 7. The van der Waals surface area contributed by atoms with Crippen molar-refractivity contribution in [2.45, 2.75) is 175 Å². The minimum Gasteiger partial charge on any atom is -0.370 e. The van der Waals surface area contributed by atoms with Gasteiger partial charge in [-0.3, -0.25) is 48.5 Å². The van der Waals surface area contributed by atoms with E-state index in [0.717, 1.165) is 0 Å². The molecule has 10 unspecified atom stereocenters. The predicted octanol–water partition coefficient (Wildman–Crippen LogP) is -2.58. The number of nitrogens with one attached hydrogen (secondary N) is 7. The molecule has 0 aliphatic rings. The van der Waals surface area contributed by atoms with E-state index in [1.165, 1.54) is 0 Å². The summed E-state index contributed by atoms with van der Waals surface area (Å²) in [5.74, 6) is -5.96. The van der Waals surface area contributed by atoms with E-state index in [4.69, 9.17) is 45.9 Å². The first-order valence-corrected chi connectivity index (χ1v) is 25.2. The van der Waals surface area contributed by atoms with Gasteiger partial charge in [-0.05, 0) is 88.0 Å². The second-order valence-electron chi connectivity index (χ2n) is 18.7. The number of hydrogen-bond acceptors (Lipinski definition) is 12. The number of aliphatic imine (C=N–C) groups is 3. The van der Waals surface area contributed by atoms with Crippen molar-refractivity contribution in [3.8, 4) is 0 Å². The molecule has 23 N–H and O–H groups in total. The number of unbranched alkanes of at least 4 members (excludes halogenated alkanes) is 1. The third kappa shape index (κ3) is 27.3. The topological polar surface area (TPSA) is 449 Å². The van der Waals surface area contributed by atoms with Gasteiger partial charge in [-0.25, -0.2) is 0 Å². The molecule has 25 nitrogen and oxygen atoms in total. The van der Waals surface area contributed by atoms with Crippen LogP contribution < -0.4 is 83.1 Å². The van der Waals surface area contributed by atoms with E-state index >= 15 is 0 Å². The van der Waals surface area contributed by atoms with Crippen molar-refractivity contribution >= 4 is 59.2 Å². The molecule has 0 spiro atoms. The van der Waals surface area contributed by atoms with Gasteiger partial charge in [0.05, 0.1) is 6.04 Å². The van der Waals surface area contributed by atoms with Crippen LogP contribution >= 0.6 is 0 Å². The van der Waals surface area contributed by atoms with Gasteiger partial charge >= 0.3 is 0 Å². The molecule has 0 aliphatic heterocycles. The summed E-state index contributed by atoms with van der Waals surface area (Å²) in [6.07, 6.45) is 4.40. The van der Waals surface area contributed by atoms with Crippen molar-refractivity contribution in [3.63, 3.8) is 0 Å². The molecular weight excluding hydrogens is 917 g/mol. The minimum absolute atomic E-state index is 0.0535. The summed E-state index contributed by atoms with van der Waals surface area (Å²) in [4.78, 5) is 109. The average molecular weight is 1010 g/mol. The molecule has 71 heavy (non-hydrogen) atoms.